The van der Waals surface area contributed by atoms with Crippen molar-refractivity contribution < 1.29 is 29.0 Å². The van der Waals surface area contributed by atoms with E-state index in [1.807, 2.05) is 82.6 Å². The summed E-state index contributed by atoms with van der Waals surface area (Å²) in [4.78, 5) is 68.9. The number of nitrogens with one attached hydrogen (secondary N) is 4. The van der Waals surface area contributed by atoms with Crippen molar-refractivity contribution in [1.29, 1.82) is 0 Å². The molecule has 0 bridgehead atoms. The highest BCUT2D eigenvalue weighted by Crippen LogP contribution is 2.41. The average Bonchev–Trinajstić information content (AvgIpc) is 4.26. The number of carboxylic acids is 1. The molecule has 3 aliphatic heterocycles. The number of ether oxygens (including phenoxy) is 1. The minimum atomic E-state index is -1.03. The van der Waals surface area contributed by atoms with E-state index in [-0.39, 0.29) is 23.4 Å². The van der Waals surface area contributed by atoms with E-state index in [0.29, 0.717) is 56.7 Å². The van der Waals surface area contributed by atoms with Gasteiger partial charge in [-0.2, -0.15) is 0 Å². The van der Waals surface area contributed by atoms with E-state index in [4.69, 9.17) is 4.74 Å². The molecule has 5 N–H and O–H groups in total. The molecule has 5 aromatic carbocycles. The van der Waals surface area contributed by atoms with Gasteiger partial charge in [0.15, 0.2) is 0 Å². The van der Waals surface area contributed by atoms with Crippen LogP contribution in [0.5, 0.6) is 5.75 Å². The minimum Gasteiger partial charge on any atom is -0.497 e. The SMILES string of the molecule is C=C/C=C(\C)C(NCCCCCC(=O)N1CCc2c1ccc1[nH]c(C(=O)N3CCc4c3ccc3[nH]c(C(=O)N5CCc6c5ccc5[nH]c(C(=O)O)cc65)cc43)cc21)(c1ccccc1)c1ccc(OC)cc1. The Hall–Kier alpha value is -8.16. The topological polar surface area (TPSA) is 167 Å². The van der Waals surface area contributed by atoms with Crippen molar-refractivity contribution in [2.24, 2.45) is 0 Å². The Morgan fingerprint density at radius 2 is 1.14 bits per heavy atom. The number of unbranched alkanes of at least 4 members (excludes halogenated alkanes) is 2. The molecule has 71 heavy (non-hydrogen) atoms. The monoisotopic (exact) mass is 945 g/mol. The third kappa shape index (κ3) is 7.77. The minimum absolute atomic E-state index is 0.110. The maximum absolute atomic E-state index is 14.3. The van der Waals surface area contributed by atoms with Gasteiger partial charge in [0.2, 0.25) is 5.91 Å². The Morgan fingerprint density at radius 3 is 1.66 bits per heavy atom. The fourth-order valence-electron chi connectivity index (χ4n) is 11.4. The molecule has 13 nitrogen and oxygen atoms in total. The quantitative estimate of drug-likeness (QED) is 0.0504. The van der Waals surface area contributed by atoms with Crippen LogP contribution in [0.15, 0.2) is 133 Å². The molecule has 0 spiro atoms. The van der Waals surface area contributed by atoms with Gasteiger partial charge in [-0.3, -0.25) is 14.4 Å². The van der Waals surface area contributed by atoms with Gasteiger partial charge in [-0.15, -0.1) is 0 Å². The second-order valence-electron chi connectivity index (χ2n) is 18.8. The van der Waals surface area contributed by atoms with Gasteiger partial charge in [-0.05, 0) is 146 Å². The molecule has 3 aromatic heterocycles. The molecule has 3 amide bonds. The first-order valence-electron chi connectivity index (χ1n) is 24.4. The standard InChI is InChI=1S/C58H55N7O6/c1-4-11-35(2)58(36-12-7-5-8-13-36,37-15-17-38(71-3)18-16-37)59-28-10-6-9-14-54(66)63-29-25-39-42-32-48(60-45(42)19-22-51(39)63)55(67)64-30-26-40-43-33-49(61-46(43)20-23-52(40)64)56(68)65-31-27-41-44-34-50(57(69)70)62-47(44)21-24-53(41)65/h4-5,7-8,11-13,15-24,32-34,59-62H,1,6,9-10,14,25-31H2,2-3H3,(H,69,70)/b35-11+. The molecule has 0 radical (unpaired) electrons. The van der Waals surface area contributed by atoms with Crippen LogP contribution in [0.4, 0.5) is 17.1 Å². The molecule has 0 fully saturated rings. The van der Waals surface area contributed by atoms with Gasteiger partial charge in [-0.25, -0.2) is 4.79 Å². The Balaban J connectivity index is 0.741. The van der Waals surface area contributed by atoms with Crippen molar-refractivity contribution in [2.75, 3.05) is 48.0 Å². The molecular weight excluding hydrogens is 891 g/mol. The van der Waals surface area contributed by atoms with Crippen molar-refractivity contribution in [3.63, 3.8) is 0 Å². The normalized spacial score (nSPS) is 15.1. The van der Waals surface area contributed by atoms with Crippen LogP contribution < -0.4 is 24.8 Å². The van der Waals surface area contributed by atoms with Crippen LogP contribution in [0.3, 0.4) is 0 Å². The van der Waals surface area contributed by atoms with E-state index in [1.54, 1.807) is 18.1 Å². The lowest BCUT2D eigenvalue weighted by Gasteiger charge is -2.38. The van der Waals surface area contributed by atoms with Gasteiger partial charge in [0.25, 0.3) is 11.8 Å². The molecular formula is C58H55N7O6. The highest BCUT2D eigenvalue weighted by molar-refractivity contribution is 6.13. The summed E-state index contributed by atoms with van der Waals surface area (Å²) in [5.74, 6) is -0.413. The van der Waals surface area contributed by atoms with Crippen LogP contribution in [-0.2, 0) is 29.6 Å². The Morgan fingerprint density at radius 1 is 0.648 bits per heavy atom. The molecule has 358 valence electrons. The number of aromatic carboxylic acids is 1. The summed E-state index contributed by atoms with van der Waals surface area (Å²) in [6, 6.07) is 35.7. The Bertz CT molecular complexity index is 3470. The maximum atomic E-state index is 14.3. The van der Waals surface area contributed by atoms with E-state index in [1.165, 1.54) is 0 Å². The van der Waals surface area contributed by atoms with Crippen molar-refractivity contribution >= 4 is 73.5 Å². The number of allylic oxidation sites excluding steroid dienone is 2. The van der Waals surface area contributed by atoms with Gasteiger partial charge < -0.3 is 44.8 Å². The number of benzene rings is 5. The number of amides is 3. The summed E-state index contributed by atoms with van der Waals surface area (Å²) in [7, 11) is 1.67. The molecule has 13 heteroatoms. The third-order valence-electron chi connectivity index (χ3n) is 14.9. The van der Waals surface area contributed by atoms with E-state index < -0.39 is 11.5 Å². The molecule has 3 aliphatic rings. The molecule has 11 rings (SSSR count). The van der Waals surface area contributed by atoms with E-state index in [9.17, 15) is 24.3 Å². The molecule has 6 heterocycles. The highest BCUT2D eigenvalue weighted by Gasteiger charge is 2.36. The van der Waals surface area contributed by atoms with Crippen LogP contribution in [-0.4, -0.2) is 77.0 Å². The predicted molar refractivity (Wildman–Crippen MR) is 279 cm³/mol. The zero-order chi connectivity index (χ0) is 49.0. The second kappa shape index (κ2) is 18.3. The van der Waals surface area contributed by atoms with E-state index >= 15 is 0 Å². The van der Waals surface area contributed by atoms with Gasteiger partial charge in [0.05, 0.1) is 12.6 Å². The summed E-state index contributed by atoms with van der Waals surface area (Å²) in [6.07, 6.45) is 8.86. The average molecular weight is 946 g/mol. The zero-order valence-corrected chi connectivity index (χ0v) is 39.9. The number of aromatic nitrogens is 3. The number of rotatable bonds is 15. The fraction of sp³-hybridized carbons (Fsp3) is 0.241. The number of fused-ring (bicyclic) bond motifs is 9. The van der Waals surface area contributed by atoms with Crippen molar-refractivity contribution in [2.45, 2.75) is 57.4 Å². The largest absolute Gasteiger partial charge is 0.497 e. The lowest BCUT2D eigenvalue weighted by Crippen LogP contribution is -2.45. The van der Waals surface area contributed by atoms with Crippen LogP contribution in [0, 0.1) is 0 Å². The summed E-state index contributed by atoms with van der Waals surface area (Å²) in [6.45, 7) is 8.45. The lowest BCUT2D eigenvalue weighted by molar-refractivity contribution is -0.118. The smallest absolute Gasteiger partial charge is 0.352 e. The summed E-state index contributed by atoms with van der Waals surface area (Å²) < 4.78 is 5.48. The van der Waals surface area contributed by atoms with Crippen LogP contribution >= 0.6 is 0 Å². The van der Waals surface area contributed by atoms with Crippen molar-refractivity contribution in [1.82, 2.24) is 20.3 Å². The highest BCUT2D eigenvalue weighted by atomic mass is 16.5. The Kier molecular flexibility index (Phi) is 11.7. The first kappa shape index (κ1) is 45.3. The van der Waals surface area contributed by atoms with Crippen LogP contribution in [0.1, 0.15) is 91.9 Å². The number of anilines is 3. The van der Waals surface area contributed by atoms with Crippen LogP contribution in [0.25, 0.3) is 32.7 Å². The molecule has 1 atom stereocenters. The van der Waals surface area contributed by atoms with Crippen molar-refractivity contribution in [3.8, 4) is 5.75 Å². The Labute approximate surface area is 410 Å². The van der Waals surface area contributed by atoms with Crippen LogP contribution in [0.2, 0.25) is 0 Å². The number of methoxy groups -OCH3 is 1. The number of aromatic amines is 3. The third-order valence-corrected chi connectivity index (χ3v) is 14.9. The first-order valence-corrected chi connectivity index (χ1v) is 24.4. The molecule has 0 saturated carbocycles. The number of nitrogens with zero attached hydrogens (tertiary/aromatic N) is 3. The summed E-state index contributed by atoms with van der Waals surface area (Å²) >= 11 is 0. The lowest BCUT2D eigenvalue weighted by atomic mass is 9.76. The van der Waals surface area contributed by atoms with Gasteiger partial charge in [-0.1, -0.05) is 67.6 Å². The summed E-state index contributed by atoms with van der Waals surface area (Å²) in [5.41, 5.74) is 11.8. The number of hydrogen-bond donors (Lipinski definition) is 5. The van der Waals surface area contributed by atoms with E-state index in [0.717, 1.165) is 115 Å². The van der Waals surface area contributed by atoms with E-state index in [2.05, 4.69) is 76.2 Å². The van der Waals surface area contributed by atoms with Gasteiger partial charge in [0.1, 0.15) is 22.8 Å². The number of carboxylic acid groups (broad SMARTS) is 1. The first-order chi connectivity index (χ1) is 34.6. The number of hydrogen-bond acceptors (Lipinski definition) is 6. The predicted octanol–water partition coefficient (Wildman–Crippen LogP) is 10.4. The molecule has 0 aliphatic carbocycles. The number of carbonyl (C=O) groups is 4. The zero-order valence-electron chi connectivity index (χ0n) is 39.9. The molecule has 0 saturated heterocycles. The number of H-pyrrole nitrogens is 3. The number of carbonyl (C=O) groups excluding carboxylic acids is 3. The van der Waals surface area contributed by atoms with Gasteiger partial charge >= 0.3 is 5.97 Å². The van der Waals surface area contributed by atoms with Gasteiger partial charge in [0, 0.05) is 75.8 Å². The fourth-order valence-corrected chi connectivity index (χ4v) is 11.4. The molecule has 8 aromatic rings. The maximum Gasteiger partial charge on any atom is 0.352 e. The molecule has 1 unspecified atom stereocenters. The summed E-state index contributed by atoms with van der Waals surface area (Å²) in [5, 5.41) is 16.1. The van der Waals surface area contributed by atoms with Crippen molar-refractivity contribution in [3.05, 3.63) is 178 Å². The second-order valence-corrected chi connectivity index (χ2v) is 18.8.